The molecule has 1 saturated carbocycles. The number of amides is 1. The molecular formula is C16H24N4O4. The van der Waals surface area contributed by atoms with Crippen LogP contribution in [0.25, 0.3) is 0 Å². The second-order valence-electron chi connectivity index (χ2n) is 7.01. The van der Waals surface area contributed by atoms with Crippen molar-refractivity contribution in [2.75, 3.05) is 13.7 Å². The van der Waals surface area contributed by atoms with Gasteiger partial charge in [0.25, 0.3) is 0 Å². The Morgan fingerprint density at radius 1 is 1.38 bits per heavy atom. The molecular weight excluding hydrogens is 312 g/mol. The number of carbonyl (C=O) groups is 2. The van der Waals surface area contributed by atoms with Gasteiger partial charge in [-0.3, -0.25) is 4.79 Å². The number of ether oxygens (including phenoxy) is 1. The van der Waals surface area contributed by atoms with Crippen LogP contribution < -0.4 is 0 Å². The van der Waals surface area contributed by atoms with Gasteiger partial charge in [0.2, 0.25) is 5.91 Å². The van der Waals surface area contributed by atoms with Crippen LogP contribution in [0, 0.1) is 5.92 Å². The molecule has 1 aromatic rings. The molecule has 1 saturated heterocycles. The Bertz CT molecular complexity index is 625. The van der Waals surface area contributed by atoms with Gasteiger partial charge < -0.3 is 14.7 Å². The van der Waals surface area contributed by atoms with Crippen LogP contribution in [0.2, 0.25) is 0 Å². The third-order valence-electron chi connectivity index (χ3n) is 4.73. The maximum absolute atomic E-state index is 13.1. The van der Waals surface area contributed by atoms with Gasteiger partial charge in [0.05, 0.1) is 18.9 Å². The van der Waals surface area contributed by atoms with E-state index in [4.69, 9.17) is 4.74 Å². The molecule has 2 aliphatic rings. The van der Waals surface area contributed by atoms with Crippen molar-refractivity contribution >= 4 is 11.9 Å². The van der Waals surface area contributed by atoms with Crippen LogP contribution in [0.4, 0.5) is 0 Å². The normalized spacial score (nSPS) is 25.1. The molecule has 1 amide bonds. The van der Waals surface area contributed by atoms with Crippen molar-refractivity contribution in [1.82, 2.24) is 19.9 Å². The number of β-amino-alcohol motifs (C(OH)–C–C–N with tert-alkyl or cyclic N) is 1. The number of hydrogen-bond donors (Lipinski definition) is 1. The molecule has 0 spiro atoms. The maximum Gasteiger partial charge on any atom is 0.328 e. The highest BCUT2D eigenvalue weighted by Crippen LogP contribution is 2.39. The Labute approximate surface area is 140 Å². The van der Waals surface area contributed by atoms with E-state index in [2.05, 4.69) is 10.3 Å². The van der Waals surface area contributed by atoms with Crippen LogP contribution in [0.15, 0.2) is 6.20 Å². The summed E-state index contributed by atoms with van der Waals surface area (Å²) in [4.78, 5) is 26.4. The molecule has 8 nitrogen and oxygen atoms in total. The van der Waals surface area contributed by atoms with E-state index in [9.17, 15) is 14.7 Å². The number of hydrogen-bond acceptors (Lipinski definition) is 6. The van der Waals surface area contributed by atoms with E-state index < -0.39 is 24.2 Å². The zero-order valence-corrected chi connectivity index (χ0v) is 14.3. The van der Waals surface area contributed by atoms with Crippen LogP contribution in [-0.2, 0) is 14.3 Å². The second kappa shape index (κ2) is 6.51. The van der Waals surface area contributed by atoms with Crippen LogP contribution in [0.5, 0.6) is 0 Å². The highest BCUT2D eigenvalue weighted by molar-refractivity contribution is 5.87. The number of esters is 1. The molecule has 1 aromatic heterocycles. The molecule has 0 radical (unpaired) electrons. The highest BCUT2D eigenvalue weighted by atomic mass is 16.5. The van der Waals surface area contributed by atoms with Crippen molar-refractivity contribution in [3.8, 4) is 0 Å². The van der Waals surface area contributed by atoms with Gasteiger partial charge in [0, 0.05) is 25.1 Å². The average molecular weight is 336 g/mol. The molecule has 3 rings (SSSR count). The maximum atomic E-state index is 13.1. The summed E-state index contributed by atoms with van der Waals surface area (Å²) in [6.07, 6.45) is 3.54. The predicted molar refractivity (Wildman–Crippen MR) is 84.0 cm³/mol. The smallest absolute Gasteiger partial charge is 0.328 e. The summed E-state index contributed by atoms with van der Waals surface area (Å²) in [6.45, 7) is 3.99. The SMILES string of the molecule is COC(=O)[C@@H]1C[C@@H](O)CN1C(=O)C(C(C)C)n1cc(C2CC2)nn1. The lowest BCUT2D eigenvalue weighted by atomic mass is 10.0. The molecule has 1 aliphatic carbocycles. The van der Waals surface area contributed by atoms with Gasteiger partial charge in [0.1, 0.15) is 12.1 Å². The third-order valence-corrected chi connectivity index (χ3v) is 4.73. The lowest BCUT2D eigenvalue weighted by Gasteiger charge is -2.29. The van der Waals surface area contributed by atoms with Gasteiger partial charge in [-0.05, 0) is 18.8 Å². The fourth-order valence-corrected chi connectivity index (χ4v) is 3.28. The first kappa shape index (κ1) is 16.9. The number of aliphatic hydroxyl groups excluding tert-OH is 1. The molecule has 1 unspecified atom stereocenters. The van der Waals surface area contributed by atoms with E-state index >= 15 is 0 Å². The highest BCUT2D eigenvalue weighted by Gasteiger charge is 2.43. The number of likely N-dealkylation sites (tertiary alicyclic amines) is 1. The third kappa shape index (κ3) is 3.15. The molecule has 8 heteroatoms. The molecule has 1 N–H and O–H groups in total. The van der Waals surface area contributed by atoms with Crippen LogP contribution >= 0.6 is 0 Å². The second-order valence-corrected chi connectivity index (χ2v) is 7.01. The topological polar surface area (TPSA) is 97.6 Å². The van der Waals surface area contributed by atoms with Crippen LogP contribution in [0.1, 0.15) is 50.8 Å². The number of carbonyl (C=O) groups excluding carboxylic acids is 2. The van der Waals surface area contributed by atoms with Crippen molar-refractivity contribution < 1.29 is 19.4 Å². The van der Waals surface area contributed by atoms with Crippen molar-refractivity contribution in [1.29, 1.82) is 0 Å². The van der Waals surface area contributed by atoms with E-state index in [1.807, 2.05) is 20.0 Å². The van der Waals surface area contributed by atoms with E-state index in [0.717, 1.165) is 18.5 Å². The van der Waals surface area contributed by atoms with Gasteiger partial charge in [-0.2, -0.15) is 0 Å². The lowest BCUT2D eigenvalue weighted by molar-refractivity contribution is -0.152. The number of nitrogens with zero attached hydrogens (tertiary/aromatic N) is 4. The zero-order chi connectivity index (χ0) is 17.4. The summed E-state index contributed by atoms with van der Waals surface area (Å²) >= 11 is 0. The van der Waals surface area contributed by atoms with Gasteiger partial charge >= 0.3 is 5.97 Å². The van der Waals surface area contributed by atoms with Crippen molar-refractivity contribution in [2.24, 2.45) is 5.92 Å². The zero-order valence-electron chi connectivity index (χ0n) is 14.3. The number of aromatic nitrogens is 3. The van der Waals surface area contributed by atoms with Crippen molar-refractivity contribution in [2.45, 2.75) is 57.2 Å². The predicted octanol–water partition coefficient (Wildman–Crippen LogP) is 0.487. The minimum atomic E-state index is -0.745. The van der Waals surface area contributed by atoms with Gasteiger partial charge in [-0.25, -0.2) is 9.48 Å². The summed E-state index contributed by atoms with van der Waals surface area (Å²) in [6, 6.07) is -1.30. The fraction of sp³-hybridized carbons (Fsp3) is 0.750. The molecule has 0 bridgehead atoms. The molecule has 2 heterocycles. The molecule has 132 valence electrons. The van der Waals surface area contributed by atoms with E-state index in [0.29, 0.717) is 5.92 Å². The Hall–Kier alpha value is -1.96. The van der Waals surface area contributed by atoms with Crippen molar-refractivity contribution in [3.05, 3.63) is 11.9 Å². The van der Waals surface area contributed by atoms with E-state index in [-0.39, 0.29) is 24.8 Å². The van der Waals surface area contributed by atoms with Gasteiger partial charge in [0.15, 0.2) is 0 Å². The summed E-state index contributed by atoms with van der Waals surface area (Å²) in [5, 5.41) is 18.2. The van der Waals surface area contributed by atoms with Gasteiger partial charge in [-0.1, -0.05) is 19.1 Å². The first-order chi connectivity index (χ1) is 11.4. The molecule has 2 fully saturated rings. The minimum Gasteiger partial charge on any atom is -0.467 e. The number of rotatable bonds is 5. The monoisotopic (exact) mass is 336 g/mol. The molecule has 0 aromatic carbocycles. The summed E-state index contributed by atoms with van der Waals surface area (Å²) < 4.78 is 6.37. The van der Waals surface area contributed by atoms with E-state index in [1.54, 1.807) is 4.68 Å². The Morgan fingerprint density at radius 3 is 2.67 bits per heavy atom. The number of methoxy groups -OCH3 is 1. The first-order valence-electron chi connectivity index (χ1n) is 8.40. The summed E-state index contributed by atoms with van der Waals surface area (Å²) in [7, 11) is 1.29. The Kier molecular flexibility index (Phi) is 4.58. The quantitative estimate of drug-likeness (QED) is 0.786. The Morgan fingerprint density at radius 2 is 2.08 bits per heavy atom. The Balaban J connectivity index is 1.84. The largest absolute Gasteiger partial charge is 0.467 e. The molecule has 24 heavy (non-hydrogen) atoms. The number of aliphatic hydroxyl groups is 1. The summed E-state index contributed by atoms with van der Waals surface area (Å²) in [5.74, 6) is -0.302. The molecule has 3 atom stereocenters. The standard InChI is InChI=1S/C16H24N4O4/c1-9(2)14(20-8-12(17-18-20)10-4-5-10)15(22)19-7-11(21)6-13(19)16(23)24-3/h8-11,13-14,21H,4-7H2,1-3H3/t11-,13+,14?/m1/s1. The van der Waals surface area contributed by atoms with Gasteiger partial charge in [-0.15, -0.1) is 5.10 Å². The van der Waals surface area contributed by atoms with Crippen LogP contribution in [0.3, 0.4) is 0 Å². The summed E-state index contributed by atoms with van der Waals surface area (Å²) in [5.41, 5.74) is 0.916. The fourth-order valence-electron chi connectivity index (χ4n) is 3.28. The molecule has 1 aliphatic heterocycles. The first-order valence-corrected chi connectivity index (χ1v) is 8.40. The van der Waals surface area contributed by atoms with Crippen LogP contribution in [-0.4, -0.2) is 62.7 Å². The van der Waals surface area contributed by atoms with Crippen molar-refractivity contribution in [3.63, 3.8) is 0 Å². The van der Waals surface area contributed by atoms with E-state index in [1.165, 1.54) is 12.0 Å². The lowest BCUT2D eigenvalue weighted by Crippen LogP contribution is -2.46. The minimum absolute atomic E-state index is 0.0257. The average Bonchev–Trinajstić information content (AvgIpc) is 3.15.